The van der Waals surface area contributed by atoms with E-state index in [1.54, 1.807) is 55.5 Å². The van der Waals surface area contributed by atoms with Gasteiger partial charge in [0.05, 0.1) is 5.69 Å². The number of amides is 4. The number of benzene rings is 2. The Kier molecular flexibility index (Phi) is 4.51. The standard InChI is InChI=1S/C19H17N7O3/c1-19(13-6-3-2-4-7-13)17(28)25(18(29)22-19)11-16(27)21-14-8-5-9-15(10-14)26-12-20-23-24-26/h2-10,12H,11H2,1H3,(H,21,27)(H,22,29)/t19-/m0/s1. The summed E-state index contributed by atoms with van der Waals surface area (Å²) < 4.78 is 1.44. The van der Waals surface area contributed by atoms with Gasteiger partial charge in [0.2, 0.25) is 5.91 Å². The number of anilines is 1. The van der Waals surface area contributed by atoms with Gasteiger partial charge in [0.25, 0.3) is 5.91 Å². The number of nitrogens with one attached hydrogen (secondary N) is 2. The summed E-state index contributed by atoms with van der Waals surface area (Å²) in [5.74, 6) is -0.981. The zero-order valence-electron chi connectivity index (χ0n) is 15.4. The second-order valence-electron chi connectivity index (χ2n) is 6.67. The SMILES string of the molecule is C[C@@]1(c2ccccc2)NC(=O)N(CC(=O)Nc2cccc(-n3cnnn3)c2)C1=O. The van der Waals surface area contributed by atoms with E-state index in [1.165, 1.54) is 11.0 Å². The quantitative estimate of drug-likeness (QED) is 0.628. The zero-order chi connectivity index (χ0) is 20.4. The van der Waals surface area contributed by atoms with Crippen molar-refractivity contribution in [2.24, 2.45) is 0 Å². The Morgan fingerprint density at radius 1 is 1.14 bits per heavy atom. The van der Waals surface area contributed by atoms with E-state index in [0.717, 1.165) is 4.90 Å². The highest BCUT2D eigenvalue weighted by molar-refractivity contribution is 6.10. The fourth-order valence-corrected chi connectivity index (χ4v) is 3.16. The van der Waals surface area contributed by atoms with Crippen LogP contribution in [0.25, 0.3) is 5.69 Å². The highest BCUT2D eigenvalue weighted by Crippen LogP contribution is 2.28. The van der Waals surface area contributed by atoms with Crippen LogP contribution in [0.15, 0.2) is 60.9 Å². The summed E-state index contributed by atoms with van der Waals surface area (Å²) in [6, 6.07) is 15.2. The average Bonchev–Trinajstić information content (AvgIpc) is 3.33. The van der Waals surface area contributed by atoms with Crippen LogP contribution in [0.5, 0.6) is 0 Å². The molecule has 146 valence electrons. The van der Waals surface area contributed by atoms with Crippen LogP contribution in [0.3, 0.4) is 0 Å². The molecule has 10 nitrogen and oxygen atoms in total. The summed E-state index contributed by atoms with van der Waals surface area (Å²) in [5.41, 5.74) is 0.578. The molecular weight excluding hydrogens is 374 g/mol. The molecule has 2 heterocycles. The molecule has 2 aromatic carbocycles. The summed E-state index contributed by atoms with van der Waals surface area (Å²) in [5, 5.41) is 16.3. The molecule has 0 unspecified atom stereocenters. The molecule has 1 aromatic heterocycles. The predicted molar refractivity (Wildman–Crippen MR) is 102 cm³/mol. The number of urea groups is 1. The van der Waals surface area contributed by atoms with Crippen molar-refractivity contribution >= 4 is 23.5 Å². The van der Waals surface area contributed by atoms with E-state index in [9.17, 15) is 14.4 Å². The van der Waals surface area contributed by atoms with Gasteiger partial charge in [-0.25, -0.2) is 9.48 Å². The first kappa shape index (κ1) is 18.3. The Bertz CT molecular complexity index is 1070. The lowest BCUT2D eigenvalue weighted by Crippen LogP contribution is -2.42. The third-order valence-electron chi connectivity index (χ3n) is 4.67. The summed E-state index contributed by atoms with van der Waals surface area (Å²) >= 11 is 0. The number of rotatable bonds is 5. The van der Waals surface area contributed by atoms with E-state index in [2.05, 4.69) is 26.2 Å². The lowest BCUT2D eigenvalue weighted by Gasteiger charge is -2.22. The maximum absolute atomic E-state index is 12.9. The lowest BCUT2D eigenvalue weighted by molar-refractivity contribution is -0.133. The van der Waals surface area contributed by atoms with Crippen molar-refractivity contribution in [2.45, 2.75) is 12.5 Å². The molecular formula is C19H17N7O3. The number of carbonyl (C=O) groups is 3. The molecule has 0 bridgehead atoms. The minimum absolute atomic E-state index is 0.401. The van der Waals surface area contributed by atoms with Crippen LogP contribution >= 0.6 is 0 Å². The number of nitrogens with zero attached hydrogens (tertiary/aromatic N) is 5. The van der Waals surface area contributed by atoms with Gasteiger partial charge >= 0.3 is 6.03 Å². The number of imide groups is 1. The molecule has 3 aromatic rings. The van der Waals surface area contributed by atoms with Gasteiger partial charge in [0.1, 0.15) is 18.4 Å². The van der Waals surface area contributed by atoms with Crippen molar-refractivity contribution in [2.75, 3.05) is 11.9 Å². The van der Waals surface area contributed by atoms with Crippen molar-refractivity contribution < 1.29 is 14.4 Å². The molecule has 10 heteroatoms. The topological polar surface area (TPSA) is 122 Å². The minimum Gasteiger partial charge on any atom is -0.324 e. The van der Waals surface area contributed by atoms with Crippen molar-refractivity contribution in [1.29, 1.82) is 0 Å². The van der Waals surface area contributed by atoms with Gasteiger partial charge in [-0.15, -0.1) is 5.10 Å². The average molecular weight is 391 g/mol. The van der Waals surface area contributed by atoms with Gasteiger partial charge in [-0.2, -0.15) is 0 Å². The van der Waals surface area contributed by atoms with Gasteiger partial charge in [0, 0.05) is 5.69 Å². The second kappa shape index (κ2) is 7.15. The van der Waals surface area contributed by atoms with Gasteiger partial charge in [-0.05, 0) is 41.1 Å². The number of aromatic nitrogens is 4. The molecule has 0 saturated carbocycles. The van der Waals surface area contributed by atoms with E-state index < -0.39 is 29.9 Å². The number of hydrogen-bond acceptors (Lipinski definition) is 6. The van der Waals surface area contributed by atoms with Crippen molar-refractivity contribution in [3.05, 3.63) is 66.5 Å². The molecule has 4 rings (SSSR count). The molecule has 1 saturated heterocycles. The van der Waals surface area contributed by atoms with Crippen LogP contribution in [-0.2, 0) is 15.1 Å². The number of hydrogen-bond donors (Lipinski definition) is 2. The van der Waals surface area contributed by atoms with Crippen LogP contribution in [0.1, 0.15) is 12.5 Å². The molecule has 4 amide bonds. The molecule has 1 atom stereocenters. The maximum atomic E-state index is 12.9. The monoisotopic (exact) mass is 391 g/mol. The minimum atomic E-state index is -1.21. The Morgan fingerprint density at radius 2 is 1.93 bits per heavy atom. The van der Waals surface area contributed by atoms with Gasteiger partial charge in [0.15, 0.2) is 0 Å². The normalized spacial score (nSPS) is 18.6. The molecule has 29 heavy (non-hydrogen) atoms. The van der Waals surface area contributed by atoms with E-state index in [-0.39, 0.29) is 0 Å². The molecule has 1 aliphatic heterocycles. The third-order valence-corrected chi connectivity index (χ3v) is 4.67. The second-order valence-corrected chi connectivity index (χ2v) is 6.67. The lowest BCUT2D eigenvalue weighted by atomic mass is 9.92. The van der Waals surface area contributed by atoms with Gasteiger partial charge in [-0.3, -0.25) is 14.5 Å². The fraction of sp³-hybridized carbons (Fsp3) is 0.158. The molecule has 0 aliphatic carbocycles. The Balaban J connectivity index is 1.47. The third kappa shape index (κ3) is 3.43. The van der Waals surface area contributed by atoms with Crippen molar-refractivity contribution in [3.8, 4) is 5.69 Å². The van der Waals surface area contributed by atoms with Crippen LogP contribution in [0, 0.1) is 0 Å². The Labute approximate surface area is 165 Å². The highest BCUT2D eigenvalue weighted by atomic mass is 16.2. The van der Waals surface area contributed by atoms with Crippen LogP contribution in [0.4, 0.5) is 10.5 Å². The number of tetrazole rings is 1. The number of carbonyl (C=O) groups excluding carboxylic acids is 3. The summed E-state index contributed by atoms with van der Waals surface area (Å²) in [7, 11) is 0. The molecule has 2 N–H and O–H groups in total. The van der Waals surface area contributed by atoms with Crippen LogP contribution < -0.4 is 10.6 Å². The Morgan fingerprint density at radius 3 is 2.66 bits per heavy atom. The highest BCUT2D eigenvalue weighted by Gasteiger charge is 2.49. The molecule has 0 radical (unpaired) electrons. The van der Waals surface area contributed by atoms with Crippen molar-refractivity contribution in [3.63, 3.8) is 0 Å². The van der Waals surface area contributed by atoms with Gasteiger partial charge in [-0.1, -0.05) is 36.4 Å². The van der Waals surface area contributed by atoms with Crippen molar-refractivity contribution in [1.82, 2.24) is 30.4 Å². The zero-order valence-corrected chi connectivity index (χ0v) is 15.4. The van der Waals surface area contributed by atoms with Crippen LogP contribution in [0.2, 0.25) is 0 Å². The van der Waals surface area contributed by atoms with E-state index in [0.29, 0.717) is 16.9 Å². The first-order valence-electron chi connectivity index (χ1n) is 8.80. The summed E-state index contributed by atoms with van der Waals surface area (Å²) in [6.07, 6.45) is 1.43. The first-order chi connectivity index (χ1) is 14.0. The van der Waals surface area contributed by atoms with Crippen LogP contribution in [-0.4, -0.2) is 49.5 Å². The Hall–Kier alpha value is -4.08. The first-order valence-corrected chi connectivity index (χ1v) is 8.80. The summed E-state index contributed by atoms with van der Waals surface area (Å²) in [6.45, 7) is 1.22. The van der Waals surface area contributed by atoms with E-state index in [1.807, 2.05) is 6.07 Å². The molecule has 1 fully saturated rings. The van der Waals surface area contributed by atoms with E-state index in [4.69, 9.17) is 0 Å². The van der Waals surface area contributed by atoms with Gasteiger partial charge < -0.3 is 10.6 Å². The predicted octanol–water partition coefficient (Wildman–Crippen LogP) is 1.07. The molecule has 1 aliphatic rings. The van der Waals surface area contributed by atoms with E-state index >= 15 is 0 Å². The summed E-state index contributed by atoms with van der Waals surface area (Å²) in [4.78, 5) is 38.6. The molecule has 0 spiro atoms. The fourth-order valence-electron chi connectivity index (χ4n) is 3.16. The largest absolute Gasteiger partial charge is 0.325 e. The maximum Gasteiger partial charge on any atom is 0.325 e. The smallest absolute Gasteiger partial charge is 0.324 e.